The maximum Gasteiger partial charge on any atom is 0.335 e. The normalized spacial score (nSPS) is 14.1. The number of carboxylic acids is 1. The molecule has 0 atom stereocenters. The van der Waals surface area contributed by atoms with E-state index in [1.807, 2.05) is 36.4 Å². The first kappa shape index (κ1) is 34.7. The van der Waals surface area contributed by atoms with Gasteiger partial charge in [-0.1, -0.05) is 12.1 Å². The van der Waals surface area contributed by atoms with Gasteiger partial charge in [-0.15, -0.1) is 0 Å². The van der Waals surface area contributed by atoms with Crippen molar-refractivity contribution in [2.24, 2.45) is 0 Å². The van der Waals surface area contributed by atoms with E-state index in [4.69, 9.17) is 19.9 Å². The van der Waals surface area contributed by atoms with Gasteiger partial charge in [0.05, 0.1) is 51.1 Å². The first-order valence-electron chi connectivity index (χ1n) is 16.4. The molecule has 6 rings (SSSR count). The number of amides is 4. The van der Waals surface area contributed by atoms with Crippen LogP contribution in [0.5, 0.6) is 0 Å². The predicted octanol–water partition coefficient (Wildman–Crippen LogP) is 1.74. The summed E-state index contributed by atoms with van der Waals surface area (Å²) in [6, 6.07) is 17.5. The van der Waals surface area contributed by atoms with Crippen molar-refractivity contribution < 1.29 is 29.1 Å². The molecular weight excluding hydrogens is 654 g/mol. The summed E-state index contributed by atoms with van der Waals surface area (Å²) in [4.78, 5) is 81.1. The average molecular weight is 690 g/mol. The highest BCUT2D eigenvalue weighted by Gasteiger charge is 2.23. The highest BCUT2D eigenvalue weighted by Crippen LogP contribution is 2.21. The molecule has 4 aromatic heterocycles. The third-order valence-electron chi connectivity index (χ3n) is 8.05. The summed E-state index contributed by atoms with van der Waals surface area (Å²) in [7, 11) is 0. The number of carbonyl (C=O) groups excluding carboxylic acids is 4. The lowest BCUT2D eigenvalue weighted by atomic mass is 10.1. The minimum atomic E-state index is -1.13. The topological polar surface area (TPSA) is 209 Å². The number of rotatable bonds is 9. The van der Waals surface area contributed by atoms with E-state index in [0.29, 0.717) is 42.3 Å². The summed E-state index contributed by atoms with van der Waals surface area (Å²) in [5, 5.41) is 22.0. The highest BCUT2D eigenvalue weighted by molar-refractivity contribution is 6.12. The summed E-state index contributed by atoms with van der Waals surface area (Å²) in [5.74, 6) is -2.61. The van der Waals surface area contributed by atoms with Gasteiger partial charge in [0.25, 0.3) is 17.7 Å². The van der Waals surface area contributed by atoms with Crippen molar-refractivity contribution in [2.45, 2.75) is 39.0 Å². The number of carboxylic acid groups (broad SMARTS) is 1. The molecule has 0 radical (unpaired) electrons. The highest BCUT2D eigenvalue weighted by atomic mass is 16.4. The van der Waals surface area contributed by atoms with Gasteiger partial charge >= 0.3 is 5.97 Å². The Morgan fingerprint density at radius 2 is 1.18 bits per heavy atom. The molecule has 0 saturated heterocycles. The summed E-state index contributed by atoms with van der Waals surface area (Å²) in [5.41, 5.74) is 4.91. The zero-order chi connectivity index (χ0) is 35.7. The first-order valence-corrected chi connectivity index (χ1v) is 16.4. The van der Waals surface area contributed by atoms with E-state index in [2.05, 4.69) is 21.3 Å². The van der Waals surface area contributed by atoms with Gasteiger partial charge in [0.1, 0.15) is 0 Å². The standard InChI is InChI=1S/C36H35N9O6/c46-32(8-3-13-45-33(47)9-10-34(45)48)39-11-12-40-35(49)22-14-26-20-37-18-24-4-1-6-28(41-24)29-7-2-5-25(42-29)19-38-21-27-15-23(36(50)51)17-31(44-27)30(16-22)43-26/h1-2,4-7,9-10,14-17,37-38H,3,8,11-13,18-21H2,(H,39,46)(H,40,49)(H,50,51). The second-order valence-electron chi connectivity index (χ2n) is 11.9. The molecule has 4 amide bonds. The van der Waals surface area contributed by atoms with Crippen LogP contribution in [-0.4, -0.2) is 79.2 Å². The van der Waals surface area contributed by atoms with E-state index in [1.54, 1.807) is 12.1 Å². The molecule has 2 aliphatic heterocycles. The van der Waals surface area contributed by atoms with Crippen molar-refractivity contribution in [3.63, 3.8) is 0 Å². The number of nitrogens with one attached hydrogen (secondary N) is 4. The number of hydrogen-bond donors (Lipinski definition) is 5. The second kappa shape index (κ2) is 16.0. The molecule has 5 N–H and O–H groups in total. The predicted molar refractivity (Wildman–Crippen MR) is 183 cm³/mol. The number of imide groups is 1. The van der Waals surface area contributed by atoms with Gasteiger partial charge in [-0.2, -0.15) is 0 Å². The van der Waals surface area contributed by atoms with E-state index in [1.165, 1.54) is 24.3 Å². The molecule has 2 aliphatic rings. The molecule has 8 bridgehead atoms. The molecule has 15 heteroatoms. The molecule has 15 nitrogen and oxygen atoms in total. The maximum atomic E-state index is 13.4. The Kier molecular flexibility index (Phi) is 10.9. The van der Waals surface area contributed by atoms with Crippen LogP contribution in [0, 0.1) is 0 Å². The number of nitrogens with zero attached hydrogens (tertiary/aromatic N) is 5. The van der Waals surface area contributed by atoms with Crippen LogP contribution in [0.4, 0.5) is 0 Å². The molecule has 4 aromatic rings. The Labute approximate surface area is 292 Å². The fourth-order valence-corrected chi connectivity index (χ4v) is 5.57. The van der Waals surface area contributed by atoms with Crippen LogP contribution >= 0.6 is 0 Å². The summed E-state index contributed by atoms with van der Waals surface area (Å²) >= 11 is 0. The van der Waals surface area contributed by atoms with Crippen molar-refractivity contribution in [2.75, 3.05) is 19.6 Å². The quantitative estimate of drug-likeness (QED) is 0.126. The van der Waals surface area contributed by atoms with Crippen LogP contribution in [0.25, 0.3) is 22.8 Å². The van der Waals surface area contributed by atoms with Crippen LogP contribution in [0.1, 0.15) is 56.3 Å². The zero-order valence-electron chi connectivity index (χ0n) is 27.5. The minimum Gasteiger partial charge on any atom is -0.478 e. The van der Waals surface area contributed by atoms with Gasteiger partial charge in [0, 0.05) is 69.9 Å². The van der Waals surface area contributed by atoms with Crippen LogP contribution in [0.3, 0.4) is 0 Å². The maximum absolute atomic E-state index is 13.4. The molecule has 0 aromatic carbocycles. The summed E-state index contributed by atoms with van der Waals surface area (Å²) in [6.45, 7) is 1.75. The Morgan fingerprint density at radius 1 is 0.667 bits per heavy atom. The van der Waals surface area contributed by atoms with Gasteiger partial charge in [-0.3, -0.25) is 24.1 Å². The number of fused-ring (bicyclic) bond motifs is 10. The third kappa shape index (κ3) is 9.09. The van der Waals surface area contributed by atoms with Crippen LogP contribution in [0.15, 0.2) is 72.8 Å². The molecule has 260 valence electrons. The molecule has 0 unspecified atom stereocenters. The fraction of sp³-hybridized carbons (Fsp3) is 0.250. The van der Waals surface area contributed by atoms with Gasteiger partial charge < -0.3 is 26.4 Å². The lowest BCUT2D eigenvalue weighted by Gasteiger charge is -2.14. The molecule has 0 aliphatic carbocycles. The lowest BCUT2D eigenvalue weighted by Crippen LogP contribution is -2.35. The first-order chi connectivity index (χ1) is 24.7. The third-order valence-corrected chi connectivity index (χ3v) is 8.05. The molecule has 0 saturated carbocycles. The summed E-state index contributed by atoms with van der Waals surface area (Å²) < 4.78 is 0. The van der Waals surface area contributed by atoms with Gasteiger partial charge in [-0.25, -0.2) is 24.7 Å². The Bertz CT molecular complexity index is 2010. The van der Waals surface area contributed by atoms with Crippen LogP contribution in [-0.2, 0) is 40.6 Å². The number of pyridine rings is 4. The lowest BCUT2D eigenvalue weighted by molar-refractivity contribution is -0.137. The van der Waals surface area contributed by atoms with E-state index in [-0.39, 0.29) is 56.2 Å². The van der Waals surface area contributed by atoms with E-state index in [9.17, 15) is 29.1 Å². The Morgan fingerprint density at radius 3 is 1.76 bits per heavy atom. The van der Waals surface area contributed by atoms with Crippen molar-refractivity contribution in [3.05, 3.63) is 107 Å². The monoisotopic (exact) mass is 689 g/mol. The second-order valence-corrected chi connectivity index (χ2v) is 11.9. The molecule has 6 heterocycles. The minimum absolute atomic E-state index is 0.0262. The average Bonchev–Trinajstić information content (AvgIpc) is 3.45. The Hall–Kier alpha value is -6.19. The van der Waals surface area contributed by atoms with Crippen molar-refractivity contribution in [3.8, 4) is 22.8 Å². The zero-order valence-corrected chi connectivity index (χ0v) is 27.5. The number of carbonyl (C=O) groups is 5. The largest absolute Gasteiger partial charge is 0.478 e. The SMILES string of the molecule is O=C(CCCN1C(=O)C=CC1=O)NCCNC(=O)c1cc2nc(c1)-c1cc(C(=O)O)cc(n1)CNCc1cccc(n1)-c1cccc(n1)CNC2. The van der Waals surface area contributed by atoms with Gasteiger partial charge in [0.15, 0.2) is 0 Å². The summed E-state index contributed by atoms with van der Waals surface area (Å²) in [6.07, 6.45) is 2.82. The van der Waals surface area contributed by atoms with Crippen molar-refractivity contribution in [1.29, 1.82) is 0 Å². The smallest absolute Gasteiger partial charge is 0.335 e. The molecule has 0 fully saturated rings. The van der Waals surface area contributed by atoms with Gasteiger partial charge in [0.2, 0.25) is 5.91 Å². The van der Waals surface area contributed by atoms with Crippen LogP contribution in [0.2, 0.25) is 0 Å². The fourth-order valence-electron chi connectivity index (χ4n) is 5.57. The Balaban J connectivity index is 1.17. The number of aromatic nitrogens is 4. The molecule has 0 spiro atoms. The number of hydrogen-bond acceptors (Lipinski definition) is 11. The van der Waals surface area contributed by atoms with Crippen molar-refractivity contribution >= 4 is 29.6 Å². The van der Waals surface area contributed by atoms with Crippen molar-refractivity contribution in [1.82, 2.24) is 46.1 Å². The molecular formula is C36H35N9O6. The van der Waals surface area contributed by atoms with E-state index >= 15 is 0 Å². The molecule has 51 heavy (non-hydrogen) atoms. The van der Waals surface area contributed by atoms with E-state index in [0.717, 1.165) is 27.7 Å². The number of aromatic carboxylic acids is 1. The van der Waals surface area contributed by atoms with E-state index < -0.39 is 23.7 Å². The van der Waals surface area contributed by atoms with Gasteiger partial charge in [-0.05, 0) is 55.0 Å². The van der Waals surface area contributed by atoms with Crippen LogP contribution < -0.4 is 21.3 Å².